The first-order valence-corrected chi connectivity index (χ1v) is 7.94. The van der Waals surface area contributed by atoms with Gasteiger partial charge in [-0.1, -0.05) is 22.9 Å². The Kier molecular flexibility index (Phi) is 6.20. The molecule has 1 heterocycles. The van der Waals surface area contributed by atoms with Crippen molar-refractivity contribution >= 4 is 15.9 Å². The summed E-state index contributed by atoms with van der Waals surface area (Å²) in [7, 11) is 1.96. The lowest BCUT2D eigenvalue weighted by Gasteiger charge is -2.12. The minimum atomic E-state index is 0.744. The van der Waals surface area contributed by atoms with E-state index in [9.17, 15) is 0 Å². The third kappa shape index (κ3) is 4.82. The highest BCUT2D eigenvalue weighted by Gasteiger charge is 2.05. The van der Waals surface area contributed by atoms with E-state index in [1.165, 1.54) is 0 Å². The van der Waals surface area contributed by atoms with Crippen molar-refractivity contribution in [3.05, 3.63) is 40.4 Å². The van der Waals surface area contributed by atoms with Crippen LogP contribution >= 0.6 is 15.9 Å². The Morgan fingerprint density at radius 3 is 2.95 bits per heavy atom. The van der Waals surface area contributed by atoms with Crippen molar-refractivity contribution in [1.29, 1.82) is 0 Å². The van der Waals surface area contributed by atoms with Gasteiger partial charge in [0.25, 0.3) is 0 Å². The van der Waals surface area contributed by atoms with Crippen molar-refractivity contribution < 1.29 is 4.74 Å². The van der Waals surface area contributed by atoms with E-state index in [1.807, 2.05) is 23.7 Å². The van der Waals surface area contributed by atoms with Crippen LogP contribution in [0.25, 0.3) is 0 Å². The van der Waals surface area contributed by atoms with E-state index in [0.29, 0.717) is 0 Å². The number of hydrogen-bond donors (Lipinski definition) is 1. The molecule has 0 fully saturated rings. The molecular formula is C15H21BrN4O. The van der Waals surface area contributed by atoms with E-state index in [4.69, 9.17) is 4.74 Å². The first kappa shape index (κ1) is 16.0. The molecule has 0 spiro atoms. The van der Waals surface area contributed by atoms with E-state index >= 15 is 0 Å². The van der Waals surface area contributed by atoms with Crippen molar-refractivity contribution in [1.82, 2.24) is 20.1 Å². The molecule has 1 aromatic carbocycles. The Hall–Kier alpha value is -1.40. The Morgan fingerprint density at radius 1 is 1.38 bits per heavy atom. The topological polar surface area (TPSA) is 52.0 Å². The van der Waals surface area contributed by atoms with E-state index in [0.717, 1.165) is 54.1 Å². The van der Waals surface area contributed by atoms with Crippen molar-refractivity contribution in [2.45, 2.75) is 26.3 Å². The van der Waals surface area contributed by atoms with E-state index in [1.54, 1.807) is 6.33 Å². The summed E-state index contributed by atoms with van der Waals surface area (Å²) in [6.45, 7) is 4.48. The fraction of sp³-hybridized carbons (Fsp3) is 0.467. The summed E-state index contributed by atoms with van der Waals surface area (Å²) in [4.78, 5) is 0. The lowest BCUT2D eigenvalue weighted by atomic mass is 10.2. The molecule has 0 radical (unpaired) electrons. The molecule has 0 unspecified atom stereocenters. The maximum absolute atomic E-state index is 5.78. The normalized spacial score (nSPS) is 10.8. The molecule has 0 amide bonds. The van der Waals surface area contributed by atoms with Gasteiger partial charge < -0.3 is 14.6 Å². The lowest BCUT2D eigenvalue weighted by Crippen LogP contribution is -2.18. The molecule has 1 N–H and O–H groups in total. The Morgan fingerprint density at radius 2 is 2.24 bits per heavy atom. The molecule has 0 aliphatic heterocycles. The summed E-state index contributed by atoms with van der Waals surface area (Å²) in [5.74, 6) is 1.94. The average Bonchev–Trinajstić information content (AvgIpc) is 2.88. The quantitative estimate of drug-likeness (QED) is 0.742. The Bertz CT molecular complexity index is 571. The van der Waals surface area contributed by atoms with Crippen LogP contribution in [0, 0.1) is 0 Å². The number of nitrogens with one attached hydrogen (secondary N) is 1. The van der Waals surface area contributed by atoms with Crippen LogP contribution in [0.4, 0.5) is 0 Å². The molecule has 21 heavy (non-hydrogen) atoms. The number of hydrogen-bond acceptors (Lipinski definition) is 4. The van der Waals surface area contributed by atoms with Crippen molar-refractivity contribution in [2.24, 2.45) is 7.05 Å². The first-order chi connectivity index (χ1) is 10.2. The van der Waals surface area contributed by atoms with Crippen molar-refractivity contribution in [3.8, 4) is 5.75 Å². The zero-order valence-corrected chi connectivity index (χ0v) is 14.1. The molecule has 2 rings (SSSR count). The zero-order chi connectivity index (χ0) is 15.1. The standard InChI is InChI=1S/C15H21BrN4O/c1-3-8-21-14-5-4-13(16)9-12(14)10-17-7-6-15-19-18-11-20(15)2/h4-5,9,11,17H,3,6-8,10H2,1-2H3. The van der Waals surface area contributed by atoms with Crippen LogP contribution in [0.15, 0.2) is 29.0 Å². The minimum Gasteiger partial charge on any atom is -0.493 e. The van der Waals surface area contributed by atoms with E-state index < -0.39 is 0 Å². The van der Waals surface area contributed by atoms with Gasteiger partial charge >= 0.3 is 0 Å². The van der Waals surface area contributed by atoms with Crippen LogP contribution in [0.1, 0.15) is 24.7 Å². The van der Waals surface area contributed by atoms with Gasteiger partial charge in [0.1, 0.15) is 17.9 Å². The van der Waals surface area contributed by atoms with Gasteiger partial charge in [0.05, 0.1) is 6.61 Å². The predicted molar refractivity (Wildman–Crippen MR) is 86.3 cm³/mol. The second-order valence-corrected chi connectivity index (χ2v) is 5.80. The Balaban J connectivity index is 1.87. The van der Waals surface area contributed by atoms with Crippen LogP contribution in [0.5, 0.6) is 5.75 Å². The highest BCUT2D eigenvalue weighted by atomic mass is 79.9. The van der Waals surface area contributed by atoms with Gasteiger partial charge in [-0.25, -0.2) is 0 Å². The molecule has 6 heteroatoms. The number of ether oxygens (including phenoxy) is 1. The number of aromatic nitrogens is 3. The smallest absolute Gasteiger partial charge is 0.133 e. The molecule has 0 aliphatic carbocycles. The molecule has 0 saturated carbocycles. The molecule has 0 aliphatic rings. The zero-order valence-electron chi connectivity index (χ0n) is 12.5. The van der Waals surface area contributed by atoms with Gasteiger partial charge in [-0.3, -0.25) is 0 Å². The first-order valence-electron chi connectivity index (χ1n) is 7.15. The maximum Gasteiger partial charge on any atom is 0.133 e. The van der Waals surface area contributed by atoms with Gasteiger partial charge in [0, 0.05) is 36.6 Å². The van der Waals surface area contributed by atoms with Gasteiger partial charge in [-0.05, 0) is 24.6 Å². The lowest BCUT2D eigenvalue weighted by molar-refractivity contribution is 0.313. The molecule has 0 bridgehead atoms. The second-order valence-electron chi connectivity index (χ2n) is 4.89. The molecule has 114 valence electrons. The number of nitrogens with zero attached hydrogens (tertiary/aromatic N) is 3. The molecule has 0 saturated heterocycles. The SMILES string of the molecule is CCCOc1ccc(Br)cc1CNCCc1nncn1C. The predicted octanol–water partition coefficient (Wildman–Crippen LogP) is 2.70. The number of aryl methyl sites for hydroxylation is 1. The van der Waals surface area contributed by atoms with E-state index in [2.05, 4.69) is 44.4 Å². The summed E-state index contributed by atoms with van der Waals surface area (Å²) in [5.41, 5.74) is 1.16. The number of benzene rings is 1. The van der Waals surface area contributed by atoms with E-state index in [-0.39, 0.29) is 0 Å². The third-order valence-electron chi connectivity index (χ3n) is 3.13. The minimum absolute atomic E-state index is 0.744. The summed E-state index contributed by atoms with van der Waals surface area (Å²) < 4.78 is 8.78. The molecule has 0 atom stereocenters. The molecular weight excluding hydrogens is 332 g/mol. The number of rotatable bonds is 8. The second kappa shape index (κ2) is 8.14. The van der Waals surface area contributed by atoms with Crippen LogP contribution in [0.2, 0.25) is 0 Å². The van der Waals surface area contributed by atoms with Crippen LogP contribution in [0.3, 0.4) is 0 Å². The maximum atomic E-state index is 5.78. The fourth-order valence-electron chi connectivity index (χ4n) is 2.00. The van der Waals surface area contributed by atoms with Crippen molar-refractivity contribution in [2.75, 3.05) is 13.2 Å². The molecule has 2 aromatic rings. The largest absolute Gasteiger partial charge is 0.493 e. The summed E-state index contributed by atoms with van der Waals surface area (Å²) in [5, 5.41) is 11.4. The van der Waals surface area contributed by atoms with Gasteiger partial charge in [0.2, 0.25) is 0 Å². The summed E-state index contributed by atoms with van der Waals surface area (Å²) >= 11 is 3.51. The molecule has 5 nitrogen and oxygen atoms in total. The van der Waals surface area contributed by atoms with Crippen LogP contribution in [-0.2, 0) is 20.0 Å². The van der Waals surface area contributed by atoms with Gasteiger partial charge in [-0.15, -0.1) is 10.2 Å². The number of halogens is 1. The van der Waals surface area contributed by atoms with Crippen molar-refractivity contribution in [3.63, 3.8) is 0 Å². The fourth-order valence-corrected chi connectivity index (χ4v) is 2.40. The highest BCUT2D eigenvalue weighted by Crippen LogP contribution is 2.23. The van der Waals surface area contributed by atoms with Gasteiger partial charge in [-0.2, -0.15) is 0 Å². The van der Waals surface area contributed by atoms with Crippen LogP contribution in [-0.4, -0.2) is 27.9 Å². The third-order valence-corrected chi connectivity index (χ3v) is 3.62. The van der Waals surface area contributed by atoms with Crippen LogP contribution < -0.4 is 10.1 Å². The average molecular weight is 353 g/mol. The van der Waals surface area contributed by atoms with Gasteiger partial charge in [0.15, 0.2) is 0 Å². The Labute approximate surface area is 133 Å². The summed E-state index contributed by atoms with van der Waals surface area (Å²) in [6.07, 6.45) is 3.59. The molecule has 1 aromatic heterocycles. The highest BCUT2D eigenvalue weighted by molar-refractivity contribution is 9.10. The summed E-state index contributed by atoms with van der Waals surface area (Å²) in [6, 6.07) is 6.12. The monoisotopic (exact) mass is 352 g/mol.